The Kier molecular flexibility index (Phi) is 2.56. The molecule has 1 aromatic rings. The molecule has 72 valence electrons. The van der Waals surface area contributed by atoms with Crippen LogP contribution in [0.5, 0.6) is 0 Å². The Labute approximate surface area is 73.6 Å². The number of hydrogen-bond acceptors (Lipinski definition) is 2. The molecule has 0 amide bonds. The van der Waals surface area contributed by atoms with Gasteiger partial charge in [-0.3, -0.25) is 4.98 Å². The van der Waals surface area contributed by atoms with Gasteiger partial charge in [-0.05, 0) is 19.1 Å². The van der Waals surface area contributed by atoms with E-state index in [0.717, 1.165) is 0 Å². The molecule has 0 bridgehead atoms. The maximum absolute atomic E-state index is 12.1. The summed E-state index contributed by atoms with van der Waals surface area (Å²) in [7, 11) is 0. The van der Waals surface area contributed by atoms with Crippen LogP contribution in [0.2, 0.25) is 0 Å². The Balaban J connectivity index is 2.96. The van der Waals surface area contributed by atoms with Crippen molar-refractivity contribution in [2.45, 2.75) is 19.1 Å². The Morgan fingerprint density at radius 1 is 1.38 bits per heavy atom. The van der Waals surface area contributed by atoms with E-state index in [1.165, 1.54) is 12.1 Å². The van der Waals surface area contributed by atoms with Gasteiger partial charge in [-0.15, -0.1) is 0 Å². The summed E-state index contributed by atoms with van der Waals surface area (Å²) in [6.45, 7) is 1.62. The first kappa shape index (κ1) is 9.98. The van der Waals surface area contributed by atoms with Crippen molar-refractivity contribution < 1.29 is 13.2 Å². The van der Waals surface area contributed by atoms with Crippen molar-refractivity contribution in [3.63, 3.8) is 0 Å². The third-order valence-corrected chi connectivity index (χ3v) is 1.58. The summed E-state index contributed by atoms with van der Waals surface area (Å²) < 4.78 is 36.3. The normalized spacial score (nSPS) is 14.2. The molecule has 1 heterocycles. The standard InChI is InChI=1S/C8H9F3N2/c1-5-3-2-4-6(13-5)7(12)8(9,10)11/h2-4,7H,12H2,1H3/t7-/m0/s1. The number of halogens is 3. The van der Waals surface area contributed by atoms with Gasteiger partial charge < -0.3 is 5.73 Å². The van der Waals surface area contributed by atoms with Gasteiger partial charge in [0.1, 0.15) is 6.04 Å². The predicted molar refractivity (Wildman–Crippen MR) is 42.0 cm³/mol. The fourth-order valence-electron chi connectivity index (χ4n) is 0.905. The highest BCUT2D eigenvalue weighted by Crippen LogP contribution is 2.29. The van der Waals surface area contributed by atoms with Gasteiger partial charge in [-0.1, -0.05) is 6.07 Å². The van der Waals surface area contributed by atoms with Crippen LogP contribution in [-0.4, -0.2) is 11.2 Å². The van der Waals surface area contributed by atoms with E-state index in [1.807, 2.05) is 0 Å². The number of pyridine rings is 1. The Morgan fingerprint density at radius 3 is 2.46 bits per heavy atom. The monoisotopic (exact) mass is 190 g/mol. The number of nitrogens with zero attached hydrogens (tertiary/aromatic N) is 1. The van der Waals surface area contributed by atoms with Crippen molar-refractivity contribution in [3.8, 4) is 0 Å². The SMILES string of the molecule is Cc1cccc([C@H](N)C(F)(F)F)n1. The molecule has 0 saturated carbocycles. The van der Waals surface area contributed by atoms with E-state index in [9.17, 15) is 13.2 Å². The summed E-state index contributed by atoms with van der Waals surface area (Å²) in [5.74, 6) is 0. The zero-order valence-electron chi connectivity index (χ0n) is 6.97. The van der Waals surface area contributed by atoms with E-state index in [0.29, 0.717) is 5.69 Å². The van der Waals surface area contributed by atoms with Crippen LogP contribution in [0.25, 0.3) is 0 Å². The first-order chi connectivity index (χ1) is 5.91. The van der Waals surface area contributed by atoms with Gasteiger partial charge in [0, 0.05) is 5.69 Å². The zero-order valence-corrected chi connectivity index (χ0v) is 6.97. The Bertz CT molecular complexity index is 296. The predicted octanol–water partition coefficient (Wildman–Crippen LogP) is 1.95. The lowest BCUT2D eigenvalue weighted by molar-refractivity contribution is -0.150. The minimum Gasteiger partial charge on any atom is -0.315 e. The van der Waals surface area contributed by atoms with Crippen LogP contribution < -0.4 is 5.73 Å². The second-order valence-electron chi connectivity index (χ2n) is 2.72. The highest BCUT2D eigenvalue weighted by molar-refractivity contribution is 5.14. The average molecular weight is 190 g/mol. The molecular weight excluding hydrogens is 181 g/mol. The number of alkyl halides is 3. The van der Waals surface area contributed by atoms with Crippen LogP contribution in [0.1, 0.15) is 17.4 Å². The minimum atomic E-state index is -4.43. The number of nitrogens with two attached hydrogens (primary N) is 1. The summed E-state index contributed by atoms with van der Waals surface area (Å²) >= 11 is 0. The van der Waals surface area contributed by atoms with Crippen molar-refractivity contribution in [2.24, 2.45) is 5.73 Å². The van der Waals surface area contributed by atoms with E-state index in [4.69, 9.17) is 5.73 Å². The molecule has 1 atom stereocenters. The highest BCUT2D eigenvalue weighted by atomic mass is 19.4. The van der Waals surface area contributed by atoms with Gasteiger partial charge >= 0.3 is 6.18 Å². The molecule has 0 aromatic carbocycles. The average Bonchev–Trinajstić information content (AvgIpc) is 2.01. The van der Waals surface area contributed by atoms with Crippen molar-refractivity contribution in [3.05, 3.63) is 29.6 Å². The molecule has 1 rings (SSSR count). The summed E-state index contributed by atoms with van der Waals surface area (Å²) in [5.41, 5.74) is 5.33. The zero-order chi connectivity index (χ0) is 10.1. The van der Waals surface area contributed by atoms with Crippen LogP contribution in [0.15, 0.2) is 18.2 Å². The number of aromatic nitrogens is 1. The molecule has 2 nitrogen and oxygen atoms in total. The maximum Gasteiger partial charge on any atom is 0.409 e. The van der Waals surface area contributed by atoms with E-state index in [2.05, 4.69) is 4.98 Å². The molecule has 0 aliphatic carbocycles. The third kappa shape index (κ3) is 2.42. The van der Waals surface area contributed by atoms with Crippen molar-refractivity contribution in [1.29, 1.82) is 0 Å². The summed E-state index contributed by atoms with van der Waals surface area (Å²) in [6, 6.07) is 2.40. The summed E-state index contributed by atoms with van der Waals surface area (Å²) in [5, 5.41) is 0. The molecule has 0 radical (unpaired) electrons. The second-order valence-corrected chi connectivity index (χ2v) is 2.72. The summed E-state index contributed by atoms with van der Waals surface area (Å²) in [4.78, 5) is 3.69. The first-order valence-electron chi connectivity index (χ1n) is 3.67. The van der Waals surface area contributed by atoms with Gasteiger partial charge in [0.25, 0.3) is 0 Å². The fourth-order valence-corrected chi connectivity index (χ4v) is 0.905. The molecule has 0 fully saturated rings. The molecule has 0 unspecified atom stereocenters. The molecule has 2 N–H and O–H groups in total. The van der Waals surface area contributed by atoms with Gasteiger partial charge in [-0.25, -0.2) is 0 Å². The van der Waals surface area contributed by atoms with E-state index in [-0.39, 0.29) is 5.69 Å². The largest absolute Gasteiger partial charge is 0.409 e. The molecule has 0 saturated heterocycles. The smallest absolute Gasteiger partial charge is 0.315 e. The van der Waals surface area contributed by atoms with Crippen LogP contribution >= 0.6 is 0 Å². The van der Waals surface area contributed by atoms with Crippen molar-refractivity contribution in [2.75, 3.05) is 0 Å². The Morgan fingerprint density at radius 2 is 2.00 bits per heavy atom. The molecule has 0 aliphatic rings. The maximum atomic E-state index is 12.1. The molecule has 0 aliphatic heterocycles. The fraction of sp³-hybridized carbons (Fsp3) is 0.375. The van der Waals surface area contributed by atoms with Gasteiger partial charge in [0.15, 0.2) is 0 Å². The summed E-state index contributed by atoms with van der Waals surface area (Å²) in [6.07, 6.45) is -4.43. The topological polar surface area (TPSA) is 38.9 Å². The first-order valence-corrected chi connectivity index (χ1v) is 3.67. The molecule has 5 heteroatoms. The molecule has 13 heavy (non-hydrogen) atoms. The quantitative estimate of drug-likeness (QED) is 0.735. The number of hydrogen-bond donors (Lipinski definition) is 1. The van der Waals surface area contributed by atoms with Crippen LogP contribution in [0.3, 0.4) is 0 Å². The lowest BCUT2D eigenvalue weighted by Gasteiger charge is -2.14. The van der Waals surface area contributed by atoms with E-state index >= 15 is 0 Å². The number of rotatable bonds is 1. The lowest BCUT2D eigenvalue weighted by Crippen LogP contribution is -2.29. The lowest BCUT2D eigenvalue weighted by atomic mass is 10.2. The van der Waals surface area contributed by atoms with Crippen LogP contribution in [0, 0.1) is 6.92 Å². The molecular formula is C8H9F3N2. The van der Waals surface area contributed by atoms with E-state index in [1.54, 1.807) is 13.0 Å². The van der Waals surface area contributed by atoms with Crippen molar-refractivity contribution >= 4 is 0 Å². The minimum absolute atomic E-state index is 0.146. The van der Waals surface area contributed by atoms with Gasteiger partial charge in [-0.2, -0.15) is 13.2 Å². The third-order valence-electron chi connectivity index (χ3n) is 1.58. The van der Waals surface area contributed by atoms with Crippen molar-refractivity contribution in [1.82, 2.24) is 4.98 Å². The van der Waals surface area contributed by atoms with E-state index < -0.39 is 12.2 Å². The van der Waals surface area contributed by atoms with Gasteiger partial charge in [0.05, 0.1) is 5.69 Å². The number of aryl methyl sites for hydroxylation is 1. The highest BCUT2D eigenvalue weighted by Gasteiger charge is 2.38. The Hall–Kier alpha value is -1.10. The van der Waals surface area contributed by atoms with Crippen LogP contribution in [0.4, 0.5) is 13.2 Å². The second kappa shape index (κ2) is 3.33. The van der Waals surface area contributed by atoms with Gasteiger partial charge in [0.2, 0.25) is 0 Å². The van der Waals surface area contributed by atoms with Crippen LogP contribution in [-0.2, 0) is 0 Å². The molecule has 0 spiro atoms. The molecule has 1 aromatic heterocycles.